The second-order valence-corrected chi connectivity index (χ2v) is 6.31. The van der Waals surface area contributed by atoms with Gasteiger partial charge in [0.15, 0.2) is 0 Å². The van der Waals surface area contributed by atoms with Gasteiger partial charge in [0.25, 0.3) is 0 Å². The van der Waals surface area contributed by atoms with Gasteiger partial charge in [-0.1, -0.05) is 0 Å². The van der Waals surface area contributed by atoms with E-state index in [1.807, 2.05) is 11.0 Å². The van der Waals surface area contributed by atoms with Gasteiger partial charge in [0, 0.05) is 26.2 Å². The fraction of sp³-hybridized carbons (Fsp3) is 0.688. The zero-order valence-corrected chi connectivity index (χ0v) is 12.7. The Morgan fingerprint density at radius 3 is 3.00 bits per heavy atom. The van der Waals surface area contributed by atoms with Crippen LogP contribution in [-0.4, -0.2) is 61.6 Å². The molecule has 1 unspecified atom stereocenters. The first kappa shape index (κ1) is 14.6. The minimum atomic E-state index is 0.135. The van der Waals surface area contributed by atoms with E-state index in [4.69, 9.17) is 9.15 Å². The van der Waals surface area contributed by atoms with Crippen molar-refractivity contribution in [2.24, 2.45) is 5.92 Å². The molecule has 2 aliphatic rings. The quantitative estimate of drug-likeness (QED) is 0.795. The van der Waals surface area contributed by atoms with Crippen LogP contribution in [0.4, 0.5) is 0 Å². The van der Waals surface area contributed by atoms with Crippen LogP contribution < -0.4 is 0 Å². The highest BCUT2D eigenvalue weighted by atomic mass is 16.5. The van der Waals surface area contributed by atoms with Crippen molar-refractivity contribution in [2.75, 3.05) is 39.8 Å². The molecule has 2 fully saturated rings. The summed E-state index contributed by atoms with van der Waals surface area (Å²) in [4.78, 5) is 16.6. The molecule has 5 nitrogen and oxygen atoms in total. The molecule has 5 heteroatoms. The van der Waals surface area contributed by atoms with Gasteiger partial charge in [0.2, 0.25) is 5.91 Å². The molecule has 2 heterocycles. The first-order valence-corrected chi connectivity index (χ1v) is 7.79. The third-order valence-electron chi connectivity index (χ3n) is 4.21. The standard InChI is InChI=1S/C16H24N2O3/c1-17(9-13-2-3-13)10-15-11-18(5-7-21-15)16(19)8-14-4-6-20-12-14/h4,6,12-13,15H,2-3,5,7-11H2,1H3. The number of nitrogens with zero attached hydrogens (tertiary/aromatic N) is 2. The van der Waals surface area contributed by atoms with E-state index in [0.717, 1.165) is 24.6 Å². The molecule has 1 aliphatic carbocycles. The highest BCUT2D eigenvalue weighted by Crippen LogP contribution is 2.29. The Hall–Kier alpha value is -1.33. The van der Waals surface area contributed by atoms with Gasteiger partial charge in [-0.3, -0.25) is 4.79 Å². The maximum absolute atomic E-state index is 12.3. The molecule has 1 aliphatic heterocycles. The van der Waals surface area contributed by atoms with E-state index in [9.17, 15) is 4.79 Å². The Bertz CT molecular complexity index is 456. The predicted molar refractivity (Wildman–Crippen MR) is 79.0 cm³/mol. The molecule has 3 rings (SSSR count). The zero-order chi connectivity index (χ0) is 14.7. The normalized spacial score (nSPS) is 22.8. The summed E-state index contributed by atoms with van der Waals surface area (Å²) in [7, 11) is 2.15. The van der Waals surface area contributed by atoms with Crippen molar-refractivity contribution in [1.29, 1.82) is 0 Å². The molecule has 116 valence electrons. The van der Waals surface area contributed by atoms with E-state index >= 15 is 0 Å². The summed E-state index contributed by atoms with van der Waals surface area (Å²) in [5.41, 5.74) is 0.939. The van der Waals surface area contributed by atoms with Gasteiger partial charge in [-0.05, 0) is 37.4 Å². The monoisotopic (exact) mass is 292 g/mol. The molecule has 1 aromatic rings. The van der Waals surface area contributed by atoms with Crippen molar-refractivity contribution in [3.05, 3.63) is 24.2 Å². The average molecular weight is 292 g/mol. The van der Waals surface area contributed by atoms with Crippen molar-refractivity contribution < 1.29 is 13.9 Å². The van der Waals surface area contributed by atoms with E-state index < -0.39 is 0 Å². The highest BCUT2D eigenvalue weighted by molar-refractivity contribution is 5.78. The van der Waals surface area contributed by atoms with Crippen LogP contribution in [0, 0.1) is 5.92 Å². The molecule has 21 heavy (non-hydrogen) atoms. The van der Waals surface area contributed by atoms with E-state index in [1.54, 1.807) is 12.5 Å². The molecule has 1 saturated carbocycles. The number of carbonyl (C=O) groups is 1. The number of amides is 1. The predicted octanol–water partition coefficient (Wildman–Crippen LogP) is 1.39. The summed E-state index contributed by atoms with van der Waals surface area (Å²) in [6.45, 7) is 4.10. The third kappa shape index (κ3) is 4.32. The van der Waals surface area contributed by atoms with Crippen molar-refractivity contribution in [1.82, 2.24) is 9.80 Å². The number of rotatable bonds is 6. The van der Waals surface area contributed by atoms with Gasteiger partial charge < -0.3 is 19.0 Å². The smallest absolute Gasteiger partial charge is 0.227 e. The van der Waals surface area contributed by atoms with Gasteiger partial charge in [-0.2, -0.15) is 0 Å². The van der Waals surface area contributed by atoms with Gasteiger partial charge in [-0.25, -0.2) is 0 Å². The lowest BCUT2D eigenvalue weighted by Gasteiger charge is -2.35. The topological polar surface area (TPSA) is 45.9 Å². The number of morpholine rings is 1. The molecular formula is C16H24N2O3. The highest BCUT2D eigenvalue weighted by Gasteiger charge is 2.27. The van der Waals surface area contributed by atoms with Crippen molar-refractivity contribution in [2.45, 2.75) is 25.4 Å². The van der Waals surface area contributed by atoms with E-state index in [2.05, 4.69) is 11.9 Å². The van der Waals surface area contributed by atoms with Crippen LogP contribution in [-0.2, 0) is 16.0 Å². The van der Waals surface area contributed by atoms with Gasteiger partial charge in [0.1, 0.15) is 0 Å². The summed E-state index contributed by atoms with van der Waals surface area (Å²) in [6.07, 6.45) is 6.53. The Balaban J connectivity index is 1.46. The fourth-order valence-corrected chi connectivity index (χ4v) is 2.90. The molecule has 1 amide bonds. The SMILES string of the molecule is CN(CC1CC1)CC1CN(C(=O)Cc2ccoc2)CCO1. The molecule has 0 bridgehead atoms. The van der Waals surface area contributed by atoms with Crippen LogP contribution in [0.25, 0.3) is 0 Å². The summed E-state index contributed by atoms with van der Waals surface area (Å²) >= 11 is 0. The number of hydrogen-bond acceptors (Lipinski definition) is 4. The van der Waals surface area contributed by atoms with Gasteiger partial charge in [-0.15, -0.1) is 0 Å². The molecule has 0 spiro atoms. The average Bonchev–Trinajstić information content (AvgIpc) is 3.12. The second kappa shape index (κ2) is 6.62. The Labute approximate surface area is 125 Å². The first-order chi connectivity index (χ1) is 10.2. The largest absolute Gasteiger partial charge is 0.472 e. The minimum absolute atomic E-state index is 0.135. The van der Waals surface area contributed by atoms with Gasteiger partial charge >= 0.3 is 0 Å². The van der Waals surface area contributed by atoms with Crippen LogP contribution in [0.5, 0.6) is 0 Å². The lowest BCUT2D eigenvalue weighted by atomic mass is 10.2. The second-order valence-electron chi connectivity index (χ2n) is 6.31. The lowest BCUT2D eigenvalue weighted by Crippen LogP contribution is -2.49. The summed E-state index contributed by atoms with van der Waals surface area (Å²) in [5.74, 6) is 1.05. The van der Waals surface area contributed by atoms with Crippen molar-refractivity contribution in [3.8, 4) is 0 Å². The van der Waals surface area contributed by atoms with E-state index in [-0.39, 0.29) is 12.0 Å². The van der Waals surface area contributed by atoms with Crippen LogP contribution in [0.15, 0.2) is 23.0 Å². The summed E-state index contributed by atoms with van der Waals surface area (Å²) in [5, 5.41) is 0. The van der Waals surface area contributed by atoms with Crippen LogP contribution in [0.3, 0.4) is 0 Å². The van der Waals surface area contributed by atoms with Crippen molar-refractivity contribution in [3.63, 3.8) is 0 Å². The van der Waals surface area contributed by atoms with E-state index in [0.29, 0.717) is 26.1 Å². The Morgan fingerprint density at radius 2 is 2.29 bits per heavy atom. The number of hydrogen-bond donors (Lipinski definition) is 0. The molecule has 1 aromatic heterocycles. The maximum atomic E-state index is 12.3. The molecule has 1 saturated heterocycles. The van der Waals surface area contributed by atoms with Crippen molar-refractivity contribution >= 4 is 5.91 Å². The third-order valence-corrected chi connectivity index (χ3v) is 4.21. The number of carbonyl (C=O) groups excluding carboxylic acids is 1. The summed E-state index contributed by atoms with van der Waals surface area (Å²) in [6, 6.07) is 1.85. The number of ether oxygens (including phenoxy) is 1. The Morgan fingerprint density at radius 1 is 1.43 bits per heavy atom. The lowest BCUT2D eigenvalue weighted by molar-refractivity contribution is -0.138. The molecule has 0 aromatic carbocycles. The molecule has 0 radical (unpaired) electrons. The van der Waals surface area contributed by atoms with Gasteiger partial charge in [0.05, 0.1) is 31.7 Å². The Kier molecular flexibility index (Phi) is 4.60. The summed E-state index contributed by atoms with van der Waals surface area (Å²) < 4.78 is 10.8. The zero-order valence-electron chi connectivity index (χ0n) is 12.7. The fourth-order valence-electron chi connectivity index (χ4n) is 2.90. The van der Waals surface area contributed by atoms with Crippen LogP contribution >= 0.6 is 0 Å². The number of likely N-dealkylation sites (N-methyl/N-ethyl adjacent to an activating group) is 1. The number of furan rings is 1. The van der Waals surface area contributed by atoms with Crippen LogP contribution in [0.2, 0.25) is 0 Å². The first-order valence-electron chi connectivity index (χ1n) is 7.79. The maximum Gasteiger partial charge on any atom is 0.227 e. The van der Waals surface area contributed by atoms with Crippen LogP contribution in [0.1, 0.15) is 18.4 Å². The van der Waals surface area contributed by atoms with E-state index in [1.165, 1.54) is 12.8 Å². The molecular weight excluding hydrogens is 268 g/mol. The molecule has 1 atom stereocenters. The molecule has 0 N–H and O–H groups in total. The minimum Gasteiger partial charge on any atom is -0.472 e.